The van der Waals surface area contributed by atoms with Gasteiger partial charge >= 0.3 is 0 Å². The van der Waals surface area contributed by atoms with Crippen molar-refractivity contribution in [3.05, 3.63) is 29.6 Å². The van der Waals surface area contributed by atoms with E-state index in [0.29, 0.717) is 6.54 Å². The summed E-state index contributed by atoms with van der Waals surface area (Å²) >= 11 is 0. The van der Waals surface area contributed by atoms with E-state index in [9.17, 15) is 12.8 Å². The first-order valence-corrected chi connectivity index (χ1v) is 9.02. The molecule has 21 heavy (non-hydrogen) atoms. The first-order chi connectivity index (χ1) is 10.0. The summed E-state index contributed by atoms with van der Waals surface area (Å²) in [6.07, 6.45) is 4.86. The Balaban J connectivity index is 2.11. The van der Waals surface area contributed by atoms with Crippen LogP contribution in [0.3, 0.4) is 0 Å². The third kappa shape index (κ3) is 4.49. The lowest BCUT2D eigenvalue weighted by molar-refractivity contribution is 0.411. The maximum atomic E-state index is 14.1. The zero-order chi connectivity index (χ0) is 15.3. The Hall–Kier alpha value is -0.980. The van der Waals surface area contributed by atoms with Crippen molar-refractivity contribution in [1.29, 1.82) is 0 Å². The van der Waals surface area contributed by atoms with Crippen molar-refractivity contribution in [1.82, 2.24) is 10.0 Å². The minimum Gasteiger partial charge on any atom is -0.313 e. The van der Waals surface area contributed by atoms with Gasteiger partial charge in [0.25, 0.3) is 0 Å². The van der Waals surface area contributed by atoms with Crippen molar-refractivity contribution in [3.8, 4) is 0 Å². The van der Waals surface area contributed by atoms with Gasteiger partial charge in [0, 0.05) is 12.6 Å². The summed E-state index contributed by atoms with van der Waals surface area (Å²) in [6, 6.07) is 4.23. The molecular weight excluding hydrogens is 291 g/mol. The smallest absolute Gasteiger partial charge is 0.243 e. The number of benzene rings is 1. The highest BCUT2D eigenvalue weighted by Gasteiger charge is 2.24. The van der Waals surface area contributed by atoms with E-state index in [1.807, 2.05) is 6.92 Å². The van der Waals surface area contributed by atoms with Crippen LogP contribution in [0.1, 0.15) is 44.6 Å². The molecule has 1 aromatic carbocycles. The van der Waals surface area contributed by atoms with Gasteiger partial charge in [-0.1, -0.05) is 32.3 Å². The molecule has 1 aliphatic carbocycles. The van der Waals surface area contributed by atoms with Crippen LogP contribution in [0.4, 0.5) is 4.39 Å². The summed E-state index contributed by atoms with van der Waals surface area (Å²) < 4.78 is 41.3. The standard InChI is InChI=1S/C15H23FN2O2S/c1-2-17-11-12-8-9-15(14(16)10-12)21(19,20)18-13-6-4-3-5-7-13/h8-10,13,17-18H,2-7,11H2,1H3. The fourth-order valence-corrected chi connectivity index (χ4v) is 4.01. The molecule has 0 amide bonds. The molecule has 0 spiro atoms. The Kier molecular flexibility index (Phi) is 5.72. The second-order valence-electron chi connectivity index (χ2n) is 5.50. The molecule has 1 saturated carbocycles. The molecule has 1 aromatic rings. The predicted octanol–water partition coefficient (Wildman–Crippen LogP) is 2.55. The largest absolute Gasteiger partial charge is 0.313 e. The Labute approximate surface area is 126 Å². The Bertz CT molecular complexity index is 569. The summed E-state index contributed by atoms with van der Waals surface area (Å²) in [5.41, 5.74) is 0.742. The second-order valence-corrected chi connectivity index (χ2v) is 7.18. The average molecular weight is 314 g/mol. The normalized spacial score (nSPS) is 17.0. The number of nitrogens with one attached hydrogen (secondary N) is 2. The van der Waals surface area contributed by atoms with Crippen LogP contribution in [-0.4, -0.2) is 21.0 Å². The number of sulfonamides is 1. The molecule has 0 saturated heterocycles. The molecule has 2 N–H and O–H groups in total. The molecule has 0 atom stereocenters. The van der Waals surface area contributed by atoms with Gasteiger partial charge in [0.15, 0.2) is 0 Å². The van der Waals surface area contributed by atoms with Crippen LogP contribution < -0.4 is 10.0 Å². The number of halogens is 1. The van der Waals surface area contributed by atoms with E-state index in [2.05, 4.69) is 10.0 Å². The van der Waals surface area contributed by atoms with Gasteiger partial charge in [0.1, 0.15) is 10.7 Å². The molecule has 0 heterocycles. The molecular formula is C15H23FN2O2S. The quantitative estimate of drug-likeness (QED) is 0.848. The lowest BCUT2D eigenvalue weighted by Crippen LogP contribution is -2.36. The van der Waals surface area contributed by atoms with Gasteiger partial charge in [-0.15, -0.1) is 0 Å². The zero-order valence-corrected chi connectivity index (χ0v) is 13.2. The molecule has 4 nitrogen and oxygen atoms in total. The summed E-state index contributed by atoms with van der Waals surface area (Å²) in [5, 5.41) is 3.08. The van der Waals surface area contributed by atoms with Crippen molar-refractivity contribution < 1.29 is 12.8 Å². The molecule has 0 aromatic heterocycles. The van der Waals surface area contributed by atoms with E-state index < -0.39 is 15.8 Å². The van der Waals surface area contributed by atoms with Gasteiger partial charge in [-0.2, -0.15) is 0 Å². The van der Waals surface area contributed by atoms with E-state index in [1.54, 1.807) is 6.07 Å². The van der Waals surface area contributed by atoms with E-state index in [4.69, 9.17) is 0 Å². The lowest BCUT2D eigenvalue weighted by atomic mass is 9.96. The highest BCUT2D eigenvalue weighted by atomic mass is 32.2. The SMILES string of the molecule is CCNCc1ccc(S(=O)(=O)NC2CCCCC2)c(F)c1. The van der Waals surface area contributed by atoms with Gasteiger partial charge in [-0.25, -0.2) is 17.5 Å². The minimum absolute atomic E-state index is 0.0652. The molecule has 118 valence electrons. The van der Waals surface area contributed by atoms with E-state index in [0.717, 1.165) is 44.2 Å². The van der Waals surface area contributed by atoms with Gasteiger partial charge in [-0.3, -0.25) is 0 Å². The summed E-state index contributed by atoms with van der Waals surface area (Å²) in [4.78, 5) is -0.256. The summed E-state index contributed by atoms with van der Waals surface area (Å²) in [5.74, 6) is -0.686. The highest BCUT2D eigenvalue weighted by Crippen LogP contribution is 2.21. The van der Waals surface area contributed by atoms with Crippen molar-refractivity contribution in [3.63, 3.8) is 0 Å². The Morgan fingerprint density at radius 2 is 1.95 bits per heavy atom. The van der Waals surface area contributed by atoms with Crippen molar-refractivity contribution >= 4 is 10.0 Å². The van der Waals surface area contributed by atoms with Crippen LogP contribution in [0, 0.1) is 5.82 Å². The molecule has 0 aliphatic heterocycles. The fraction of sp³-hybridized carbons (Fsp3) is 0.600. The van der Waals surface area contributed by atoms with Gasteiger partial charge in [0.05, 0.1) is 0 Å². The Morgan fingerprint density at radius 1 is 1.24 bits per heavy atom. The van der Waals surface area contributed by atoms with Gasteiger partial charge in [-0.05, 0) is 37.1 Å². The van der Waals surface area contributed by atoms with Crippen molar-refractivity contribution in [2.75, 3.05) is 6.54 Å². The van der Waals surface area contributed by atoms with Gasteiger partial charge in [0.2, 0.25) is 10.0 Å². The first-order valence-electron chi connectivity index (χ1n) is 7.54. The van der Waals surface area contributed by atoms with Crippen LogP contribution in [0.15, 0.2) is 23.1 Å². The van der Waals surface area contributed by atoms with Gasteiger partial charge < -0.3 is 5.32 Å². The van der Waals surface area contributed by atoms with E-state index >= 15 is 0 Å². The molecule has 0 bridgehead atoms. The van der Waals surface area contributed by atoms with E-state index in [-0.39, 0.29) is 10.9 Å². The third-order valence-corrected chi connectivity index (χ3v) is 5.35. The van der Waals surface area contributed by atoms with Crippen molar-refractivity contribution in [2.45, 2.75) is 56.5 Å². The van der Waals surface area contributed by atoms with Crippen LogP contribution in [-0.2, 0) is 16.6 Å². The monoisotopic (exact) mass is 314 g/mol. The number of hydrogen-bond donors (Lipinski definition) is 2. The van der Waals surface area contributed by atoms with Crippen LogP contribution in [0.5, 0.6) is 0 Å². The first kappa shape index (κ1) is 16.4. The van der Waals surface area contributed by atoms with E-state index in [1.165, 1.54) is 12.1 Å². The fourth-order valence-electron chi connectivity index (χ4n) is 2.64. The third-order valence-electron chi connectivity index (χ3n) is 3.79. The number of rotatable bonds is 6. The zero-order valence-electron chi connectivity index (χ0n) is 12.4. The second kappa shape index (κ2) is 7.33. The molecule has 1 fully saturated rings. The van der Waals surface area contributed by atoms with Crippen LogP contribution >= 0.6 is 0 Å². The maximum absolute atomic E-state index is 14.1. The topological polar surface area (TPSA) is 58.2 Å². The predicted molar refractivity (Wildman–Crippen MR) is 81.0 cm³/mol. The Morgan fingerprint density at radius 3 is 2.57 bits per heavy atom. The maximum Gasteiger partial charge on any atom is 0.243 e. The minimum atomic E-state index is -3.77. The average Bonchev–Trinajstić information content (AvgIpc) is 2.45. The summed E-state index contributed by atoms with van der Waals surface area (Å²) in [7, 11) is -3.77. The summed E-state index contributed by atoms with van der Waals surface area (Å²) in [6.45, 7) is 3.28. The molecule has 1 aliphatic rings. The van der Waals surface area contributed by atoms with Crippen LogP contribution in [0.2, 0.25) is 0 Å². The molecule has 0 unspecified atom stereocenters. The molecule has 0 radical (unpaired) electrons. The van der Waals surface area contributed by atoms with Crippen molar-refractivity contribution in [2.24, 2.45) is 0 Å². The van der Waals surface area contributed by atoms with Crippen LogP contribution in [0.25, 0.3) is 0 Å². The molecule has 2 rings (SSSR count). The highest BCUT2D eigenvalue weighted by molar-refractivity contribution is 7.89. The number of hydrogen-bond acceptors (Lipinski definition) is 3. The lowest BCUT2D eigenvalue weighted by Gasteiger charge is -2.22. The molecule has 6 heteroatoms.